The van der Waals surface area contributed by atoms with E-state index in [0.29, 0.717) is 0 Å². The van der Waals surface area contributed by atoms with Gasteiger partial charge in [-0.25, -0.2) is 0 Å². The van der Waals surface area contributed by atoms with Crippen LogP contribution in [-0.4, -0.2) is 17.5 Å². The van der Waals surface area contributed by atoms with Crippen molar-refractivity contribution in [1.82, 2.24) is 0 Å². The maximum atomic E-state index is 9.24. The van der Waals surface area contributed by atoms with Crippen molar-refractivity contribution >= 4 is 34.0 Å². The molecule has 2 aromatic carbocycles. The van der Waals surface area contributed by atoms with E-state index in [2.05, 4.69) is 63.0 Å². The Kier molecular flexibility index (Phi) is 4.43. The van der Waals surface area contributed by atoms with Crippen molar-refractivity contribution in [3.8, 4) is 0 Å². The topological polar surface area (TPSA) is 35.8 Å². The van der Waals surface area contributed by atoms with Crippen LogP contribution >= 0.6 is 22.6 Å². The summed E-state index contributed by atoms with van der Waals surface area (Å²) >= 11 is 2.32. The maximum Gasteiger partial charge on any atom is 0.0889 e. The second-order valence-electron chi connectivity index (χ2n) is 5.22. The van der Waals surface area contributed by atoms with Gasteiger partial charge >= 0.3 is 0 Å². The molecule has 1 heterocycles. The summed E-state index contributed by atoms with van der Waals surface area (Å²) in [6.07, 6.45) is 1.81. The van der Waals surface area contributed by atoms with Gasteiger partial charge in [0, 0.05) is 27.9 Å². The lowest BCUT2D eigenvalue weighted by Gasteiger charge is -2.24. The molecule has 2 aromatic rings. The Morgan fingerprint density at radius 3 is 2.62 bits per heavy atom. The van der Waals surface area contributed by atoms with Gasteiger partial charge in [0.2, 0.25) is 0 Å². The smallest absolute Gasteiger partial charge is 0.0889 e. The van der Waals surface area contributed by atoms with Crippen LogP contribution < -0.4 is 4.90 Å². The number of fused-ring (bicyclic) bond motifs is 1. The average Bonchev–Trinajstić information content (AvgIpc) is 2.69. The summed E-state index contributed by atoms with van der Waals surface area (Å²) in [4.78, 5) is 2.37. The number of rotatable bonds is 2. The lowest BCUT2D eigenvalue weighted by Crippen LogP contribution is -2.23. The lowest BCUT2D eigenvalue weighted by molar-refractivity contribution is 0.318. The van der Waals surface area contributed by atoms with Crippen LogP contribution in [0.15, 0.2) is 53.7 Å². The maximum absolute atomic E-state index is 9.24. The van der Waals surface area contributed by atoms with Gasteiger partial charge < -0.3 is 10.1 Å². The number of oxime groups is 1. The number of benzene rings is 2. The fourth-order valence-electron chi connectivity index (χ4n) is 2.76. The summed E-state index contributed by atoms with van der Waals surface area (Å²) in [7, 11) is 0. The lowest BCUT2D eigenvalue weighted by atomic mass is 10.1. The summed E-state index contributed by atoms with van der Waals surface area (Å²) in [5.41, 5.74) is 4.29. The molecule has 0 unspecified atom stereocenters. The molecule has 0 amide bonds. The molecular weight excluding hydrogens is 375 g/mol. The largest absolute Gasteiger partial charge is 0.411 e. The number of anilines is 1. The van der Waals surface area contributed by atoms with Gasteiger partial charge in [0.15, 0.2) is 0 Å². The molecule has 0 saturated carbocycles. The van der Waals surface area contributed by atoms with E-state index in [9.17, 15) is 5.21 Å². The molecule has 3 nitrogen and oxygen atoms in total. The quantitative estimate of drug-likeness (QED) is 0.471. The first-order valence-corrected chi connectivity index (χ1v) is 8.15. The van der Waals surface area contributed by atoms with Crippen LogP contribution in [0.3, 0.4) is 0 Å². The Morgan fingerprint density at radius 1 is 1.10 bits per heavy atom. The Hall–Kier alpha value is -1.56. The van der Waals surface area contributed by atoms with E-state index >= 15 is 0 Å². The number of nitrogens with zero attached hydrogens (tertiary/aromatic N) is 2. The highest BCUT2D eigenvalue weighted by Crippen LogP contribution is 2.28. The average molecular weight is 392 g/mol. The van der Waals surface area contributed by atoms with Crippen molar-refractivity contribution < 1.29 is 5.21 Å². The van der Waals surface area contributed by atoms with Gasteiger partial charge in [-0.2, -0.15) is 0 Å². The molecule has 0 saturated heterocycles. The van der Waals surface area contributed by atoms with Gasteiger partial charge in [-0.1, -0.05) is 35.5 Å². The monoisotopic (exact) mass is 392 g/mol. The minimum atomic E-state index is 0.788. The van der Waals surface area contributed by atoms with Crippen LogP contribution in [0.4, 0.5) is 5.69 Å². The highest BCUT2D eigenvalue weighted by Gasteiger charge is 2.19. The third-order valence-corrected chi connectivity index (χ3v) is 4.52. The minimum absolute atomic E-state index is 0.788. The SMILES string of the molecule is O/N=C1/CCCN(Cc2ccc(I)cc2)c2ccccc21. The van der Waals surface area contributed by atoms with Gasteiger partial charge in [0.25, 0.3) is 0 Å². The van der Waals surface area contributed by atoms with E-state index in [1.807, 2.05) is 18.2 Å². The predicted octanol–water partition coefficient (Wildman–Crippen LogP) is 4.27. The third-order valence-electron chi connectivity index (χ3n) is 3.80. The molecule has 1 aliphatic heterocycles. The first-order valence-electron chi connectivity index (χ1n) is 7.07. The molecule has 0 spiro atoms. The van der Waals surface area contributed by atoms with E-state index in [-0.39, 0.29) is 0 Å². The third kappa shape index (κ3) is 3.20. The molecule has 0 atom stereocenters. The van der Waals surface area contributed by atoms with Crippen LogP contribution in [0.5, 0.6) is 0 Å². The van der Waals surface area contributed by atoms with Crippen LogP contribution in [0.25, 0.3) is 0 Å². The van der Waals surface area contributed by atoms with Crippen molar-refractivity contribution in [1.29, 1.82) is 0 Å². The molecular formula is C17H17IN2O. The predicted molar refractivity (Wildman–Crippen MR) is 94.2 cm³/mol. The van der Waals surface area contributed by atoms with E-state index in [0.717, 1.165) is 42.9 Å². The molecule has 3 rings (SSSR count). The Balaban J connectivity index is 1.93. The molecule has 4 heteroatoms. The van der Waals surface area contributed by atoms with Crippen LogP contribution in [0.1, 0.15) is 24.0 Å². The van der Waals surface area contributed by atoms with Gasteiger partial charge in [-0.15, -0.1) is 0 Å². The molecule has 0 radical (unpaired) electrons. The van der Waals surface area contributed by atoms with Gasteiger partial charge in [-0.3, -0.25) is 0 Å². The summed E-state index contributed by atoms with van der Waals surface area (Å²) in [5.74, 6) is 0. The van der Waals surface area contributed by atoms with Gasteiger partial charge in [0.1, 0.15) is 0 Å². The van der Waals surface area contributed by atoms with E-state index < -0.39 is 0 Å². The van der Waals surface area contributed by atoms with Crippen LogP contribution in [-0.2, 0) is 6.54 Å². The fourth-order valence-corrected chi connectivity index (χ4v) is 3.12. The highest BCUT2D eigenvalue weighted by atomic mass is 127. The molecule has 0 fully saturated rings. The van der Waals surface area contributed by atoms with Crippen LogP contribution in [0.2, 0.25) is 0 Å². The first kappa shape index (κ1) is 14.4. The normalized spacial score (nSPS) is 16.6. The van der Waals surface area contributed by atoms with Crippen molar-refractivity contribution in [2.45, 2.75) is 19.4 Å². The molecule has 21 heavy (non-hydrogen) atoms. The second kappa shape index (κ2) is 6.47. The summed E-state index contributed by atoms with van der Waals surface area (Å²) in [5, 5.41) is 12.7. The Bertz CT molecular complexity index is 652. The van der Waals surface area contributed by atoms with Crippen molar-refractivity contribution in [3.05, 3.63) is 63.2 Å². The summed E-state index contributed by atoms with van der Waals surface area (Å²) in [6.45, 7) is 1.86. The Morgan fingerprint density at radius 2 is 1.86 bits per heavy atom. The Labute approximate surface area is 138 Å². The fraction of sp³-hybridized carbons (Fsp3) is 0.235. The van der Waals surface area contributed by atoms with E-state index in [1.54, 1.807) is 0 Å². The van der Waals surface area contributed by atoms with Crippen molar-refractivity contribution in [2.75, 3.05) is 11.4 Å². The second-order valence-corrected chi connectivity index (χ2v) is 6.46. The molecule has 0 aromatic heterocycles. The first-order chi connectivity index (χ1) is 10.3. The number of hydrogen-bond donors (Lipinski definition) is 1. The number of hydrogen-bond acceptors (Lipinski definition) is 3. The highest BCUT2D eigenvalue weighted by molar-refractivity contribution is 14.1. The zero-order chi connectivity index (χ0) is 14.7. The zero-order valence-corrected chi connectivity index (χ0v) is 13.8. The molecule has 1 aliphatic rings. The standard InChI is InChI=1S/C17H17IN2O/c18-14-9-7-13(8-10-14)12-20-11-3-5-16(19-21)15-4-1-2-6-17(15)20/h1-2,4,6-10,21H,3,5,11-12H2/b19-16-. The number of para-hydroxylation sites is 1. The molecule has 108 valence electrons. The molecule has 0 aliphatic carbocycles. The minimum Gasteiger partial charge on any atom is -0.411 e. The number of halogens is 1. The van der Waals surface area contributed by atoms with E-state index in [4.69, 9.17) is 0 Å². The molecule has 1 N–H and O–H groups in total. The van der Waals surface area contributed by atoms with Gasteiger partial charge in [0.05, 0.1) is 5.71 Å². The van der Waals surface area contributed by atoms with Gasteiger partial charge in [-0.05, 0) is 59.2 Å². The van der Waals surface area contributed by atoms with Crippen LogP contribution in [0, 0.1) is 3.57 Å². The van der Waals surface area contributed by atoms with Crippen molar-refractivity contribution in [2.24, 2.45) is 5.16 Å². The zero-order valence-electron chi connectivity index (χ0n) is 11.7. The molecule has 0 bridgehead atoms. The van der Waals surface area contributed by atoms with Crippen molar-refractivity contribution in [3.63, 3.8) is 0 Å². The summed E-state index contributed by atoms with van der Waals surface area (Å²) in [6, 6.07) is 16.8. The summed E-state index contributed by atoms with van der Waals surface area (Å²) < 4.78 is 1.25. The van der Waals surface area contributed by atoms with E-state index in [1.165, 1.54) is 9.13 Å².